The molecule has 1 N–H and O–H groups in total. The van der Waals surface area contributed by atoms with E-state index < -0.39 is 0 Å². The van der Waals surface area contributed by atoms with Crippen LogP contribution in [-0.2, 0) is 6.54 Å². The van der Waals surface area contributed by atoms with Crippen LogP contribution in [0.4, 0.5) is 4.39 Å². The van der Waals surface area contributed by atoms with Crippen molar-refractivity contribution in [2.45, 2.75) is 33.4 Å². The number of benzene rings is 1. The summed E-state index contributed by atoms with van der Waals surface area (Å²) in [6, 6.07) is 9.17. The van der Waals surface area contributed by atoms with E-state index in [0.29, 0.717) is 27.9 Å². The first-order chi connectivity index (χ1) is 14.0. The zero-order valence-corrected chi connectivity index (χ0v) is 16.3. The summed E-state index contributed by atoms with van der Waals surface area (Å²) in [5.41, 5.74) is 3.18. The maximum atomic E-state index is 13.3. The van der Waals surface area contributed by atoms with E-state index in [-0.39, 0.29) is 23.5 Å². The van der Waals surface area contributed by atoms with Crippen molar-refractivity contribution in [1.82, 2.24) is 25.2 Å². The summed E-state index contributed by atoms with van der Waals surface area (Å²) in [4.78, 5) is 17.5. The van der Waals surface area contributed by atoms with E-state index in [0.717, 1.165) is 12.2 Å². The third kappa shape index (κ3) is 3.61. The van der Waals surface area contributed by atoms with E-state index >= 15 is 0 Å². The minimum absolute atomic E-state index is 0.261. The minimum atomic E-state index is -0.344. The number of halogens is 1. The largest absolute Gasteiger partial charge is 0.344 e. The van der Waals surface area contributed by atoms with Gasteiger partial charge in [-0.2, -0.15) is 5.10 Å². The molecule has 4 rings (SSSR count). The molecule has 0 spiro atoms. The van der Waals surface area contributed by atoms with Gasteiger partial charge >= 0.3 is 0 Å². The predicted molar refractivity (Wildman–Crippen MR) is 106 cm³/mol. The van der Waals surface area contributed by atoms with Gasteiger partial charge in [0.2, 0.25) is 0 Å². The Morgan fingerprint density at radius 3 is 2.72 bits per heavy atom. The Labute approximate surface area is 166 Å². The lowest BCUT2D eigenvalue weighted by Crippen LogP contribution is -2.27. The maximum Gasteiger partial charge on any atom is 0.259 e. The Hall–Kier alpha value is -3.55. The number of fused-ring (bicyclic) bond motifs is 1. The molecule has 1 aromatic carbocycles. The number of carbonyl (C=O) groups is 1. The highest BCUT2D eigenvalue weighted by Crippen LogP contribution is 2.27. The van der Waals surface area contributed by atoms with Crippen molar-refractivity contribution >= 4 is 17.0 Å². The molecular formula is C21H20FN5O2. The molecule has 1 amide bonds. The second-order valence-corrected chi connectivity index (χ2v) is 6.80. The first-order valence-corrected chi connectivity index (χ1v) is 9.33. The van der Waals surface area contributed by atoms with Crippen LogP contribution >= 0.6 is 0 Å². The summed E-state index contributed by atoms with van der Waals surface area (Å²) >= 11 is 0. The lowest BCUT2D eigenvalue weighted by atomic mass is 10.0. The van der Waals surface area contributed by atoms with Crippen molar-refractivity contribution in [3.8, 4) is 11.3 Å². The fourth-order valence-corrected chi connectivity index (χ4v) is 3.18. The van der Waals surface area contributed by atoms with Crippen LogP contribution in [0, 0.1) is 12.7 Å². The topological polar surface area (TPSA) is 85.8 Å². The van der Waals surface area contributed by atoms with Gasteiger partial charge in [-0.25, -0.2) is 9.37 Å². The number of nitrogens with one attached hydrogen (secondary N) is 1. The quantitative estimate of drug-likeness (QED) is 0.553. The van der Waals surface area contributed by atoms with Crippen molar-refractivity contribution in [2.24, 2.45) is 0 Å². The van der Waals surface area contributed by atoms with Crippen LogP contribution in [0.15, 0.2) is 47.1 Å². The number of carbonyl (C=O) groups excluding carboxylic acids is 1. The number of hydrogen-bond acceptors (Lipinski definition) is 5. The molecule has 0 aliphatic rings. The normalized spacial score (nSPS) is 12.3. The standard InChI is InChI=1S/C21H20FN5O2/c1-4-27-10-9-17(25-27)12(2)23-20(28)16-11-18(14-5-7-15(22)8-6-14)24-21-19(16)13(3)26-29-21/h5-12H,4H2,1-3H3,(H,23,28)/t12-/m0/s1. The molecule has 0 radical (unpaired) electrons. The van der Waals surface area contributed by atoms with Crippen LogP contribution < -0.4 is 5.32 Å². The Morgan fingerprint density at radius 2 is 2.03 bits per heavy atom. The lowest BCUT2D eigenvalue weighted by Gasteiger charge is -2.13. The smallest absolute Gasteiger partial charge is 0.259 e. The predicted octanol–water partition coefficient (Wildman–Crippen LogP) is 4.04. The molecule has 3 aromatic heterocycles. The van der Waals surface area contributed by atoms with E-state index in [1.54, 1.807) is 29.8 Å². The molecule has 3 heterocycles. The van der Waals surface area contributed by atoms with Crippen LogP contribution in [-0.4, -0.2) is 25.8 Å². The first kappa shape index (κ1) is 18.8. The number of aromatic nitrogens is 4. The number of amides is 1. The number of nitrogens with zero attached hydrogens (tertiary/aromatic N) is 4. The molecule has 8 heteroatoms. The van der Waals surface area contributed by atoms with Gasteiger partial charge in [-0.05, 0) is 57.2 Å². The Morgan fingerprint density at radius 1 is 1.28 bits per heavy atom. The Kier molecular flexibility index (Phi) is 4.84. The van der Waals surface area contributed by atoms with Gasteiger partial charge in [-0.15, -0.1) is 0 Å². The van der Waals surface area contributed by atoms with E-state index in [9.17, 15) is 9.18 Å². The third-order valence-corrected chi connectivity index (χ3v) is 4.78. The molecule has 0 unspecified atom stereocenters. The fourth-order valence-electron chi connectivity index (χ4n) is 3.18. The molecule has 148 valence electrons. The number of aryl methyl sites for hydroxylation is 2. The average molecular weight is 393 g/mol. The Bertz CT molecular complexity index is 1180. The molecule has 4 aromatic rings. The minimum Gasteiger partial charge on any atom is -0.344 e. The number of pyridine rings is 1. The number of hydrogen-bond donors (Lipinski definition) is 1. The summed E-state index contributed by atoms with van der Waals surface area (Å²) in [6.07, 6.45) is 1.87. The van der Waals surface area contributed by atoms with Crippen molar-refractivity contribution in [3.05, 3.63) is 65.4 Å². The molecular weight excluding hydrogens is 373 g/mol. The monoisotopic (exact) mass is 393 g/mol. The molecule has 0 bridgehead atoms. The highest BCUT2D eigenvalue weighted by atomic mass is 19.1. The number of rotatable bonds is 5. The molecule has 29 heavy (non-hydrogen) atoms. The van der Waals surface area contributed by atoms with Gasteiger partial charge in [-0.1, -0.05) is 5.16 Å². The summed E-state index contributed by atoms with van der Waals surface area (Å²) < 4.78 is 20.4. The summed E-state index contributed by atoms with van der Waals surface area (Å²) in [7, 11) is 0. The molecule has 7 nitrogen and oxygen atoms in total. The van der Waals surface area contributed by atoms with Crippen molar-refractivity contribution in [1.29, 1.82) is 0 Å². The van der Waals surface area contributed by atoms with Gasteiger partial charge in [0.1, 0.15) is 5.82 Å². The molecule has 0 aliphatic carbocycles. The van der Waals surface area contributed by atoms with Crippen molar-refractivity contribution in [2.75, 3.05) is 0 Å². The van der Waals surface area contributed by atoms with Gasteiger partial charge in [-0.3, -0.25) is 9.48 Å². The van der Waals surface area contributed by atoms with Gasteiger partial charge in [0, 0.05) is 18.3 Å². The van der Waals surface area contributed by atoms with E-state index in [2.05, 4.69) is 20.6 Å². The molecule has 0 saturated heterocycles. The maximum absolute atomic E-state index is 13.3. The molecule has 0 aliphatic heterocycles. The summed E-state index contributed by atoms with van der Waals surface area (Å²) in [5.74, 6) is -0.630. The van der Waals surface area contributed by atoms with Crippen LogP contribution in [0.3, 0.4) is 0 Å². The van der Waals surface area contributed by atoms with Crippen molar-refractivity contribution in [3.63, 3.8) is 0 Å². The first-order valence-electron chi connectivity index (χ1n) is 9.33. The van der Waals surface area contributed by atoms with Gasteiger partial charge in [0.15, 0.2) is 0 Å². The van der Waals surface area contributed by atoms with Crippen molar-refractivity contribution < 1.29 is 13.7 Å². The Balaban J connectivity index is 1.72. The van der Waals surface area contributed by atoms with Crippen LogP contribution in [0.2, 0.25) is 0 Å². The SMILES string of the molecule is CCn1ccc([C@H](C)NC(=O)c2cc(-c3ccc(F)cc3)nc3onc(C)c23)n1. The zero-order valence-electron chi connectivity index (χ0n) is 16.3. The lowest BCUT2D eigenvalue weighted by molar-refractivity contribution is 0.0940. The fraction of sp³-hybridized carbons (Fsp3) is 0.238. The van der Waals surface area contributed by atoms with Crippen LogP contribution in [0.25, 0.3) is 22.4 Å². The molecule has 0 saturated carbocycles. The van der Waals surface area contributed by atoms with Crippen LogP contribution in [0.1, 0.15) is 41.6 Å². The second-order valence-electron chi connectivity index (χ2n) is 6.80. The van der Waals surface area contributed by atoms with Gasteiger partial charge in [0.05, 0.1) is 34.1 Å². The zero-order chi connectivity index (χ0) is 20.5. The highest BCUT2D eigenvalue weighted by Gasteiger charge is 2.21. The summed E-state index contributed by atoms with van der Waals surface area (Å²) in [6.45, 7) is 6.39. The molecule has 0 fully saturated rings. The summed E-state index contributed by atoms with van der Waals surface area (Å²) in [5, 5.41) is 11.9. The second kappa shape index (κ2) is 7.46. The van der Waals surface area contributed by atoms with Crippen LogP contribution in [0.5, 0.6) is 0 Å². The van der Waals surface area contributed by atoms with E-state index in [1.165, 1.54) is 12.1 Å². The molecule has 1 atom stereocenters. The van der Waals surface area contributed by atoms with Gasteiger partial charge in [0.25, 0.3) is 11.6 Å². The highest BCUT2D eigenvalue weighted by molar-refractivity contribution is 6.07. The third-order valence-electron chi connectivity index (χ3n) is 4.78. The van der Waals surface area contributed by atoms with E-state index in [1.807, 2.05) is 26.1 Å². The van der Waals surface area contributed by atoms with E-state index in [4.69, 9.17) is 4.52 Å². The average Bonchev–Trinajstić information content (AvgIpc) is 3.35. The van der Waals surface area contributed by atoms with Gasteiger partial charge < -0.3 is 9.84 Å².